The molecule has 0 aromatic carbocycles. The standard InChI is InChI=1S/C21H39N3O4/c1-14(2)18(25)9-7-11-22-20(27)13-17(24-16(5)6)21(28)23-12-8-10-19(26)15(3)4/h14-17,24H,7-13H2,1-6H3,(H,22,27)(H,23,28). The van der Waals surface area contributed by atoms with E-state index in [0.717, 1.165) is 0 Å². The SMILES string of the molecule is CC(C)NC(CC(=O)NCCCC(=O)C(C)C)C(=O)NCCCC(=O)C(C)C. The molecule has 0 bridgehead atoms. The van der Waals surface area contributed by atoms with Crippen LogP contribution in [0.15, 0.2) is 0 Å². The highest BCUT2D eigenvalue weighted by atomic mass is 16.2. The average Bonchev–Trinajstić information content (AvgIpc) is 2.60. The van der Waals surface area contributed by atoms with Crippen LogP contribution < -0.4 is 16.0 Å². The quantitative estimate of drug-likeness (QED) is 0.367. The zero-order chi connectivity index (χ0) is 21.7. The second-order valence-electron chi connectivity index (χ2n) is 8.17. The Morgan fingerprint density at radius 1 is 0.714 bits per heavy atom. The van der Waals surface area contributed by atoms with E-state index < -0.39 is 6.04 Å². The summed E-state index contributed by atoms with van der Waals surface area (Å²) in [6.45, 7) is 12.1. The summed E-state index contributed by atoms with van der Waals surface area (Å²) in [5.74, 6) is -0.0816. The predicted octanol–water partition coefficient (Wildman–Crippen LogP) is 1.99. The number of carbonyl (C=O) groups is 4. The minimum atomic E-state index is -0.627. The van der Waals surface area contributed by atoms with Crippen molar-refractivity contribution in [2.75, 3.05) is 13.1 Å². The molecule has 2 amide bonds. The summed E-state index contributed by atoms with van der Waals surface area (Å²) in [5, 5.41) is 8.69. The van der Waals surface area contributed by atoms with E-state index in [4.69, 9.17) is 0 Å². The third-order valence-electron chi connectivity index (χ3n) is 4.35. The minimum absolute atomic E-state index is 0.00517. The molecule has 0 fully saturated rings. The highest BCUT2D eigenvalue weighted by Gasteiger charge is 2.22. The van der Waals surface area contributed by atoms with Gasteiger partial charge in [0.05, 0.1) is 12.5 Å². The maximum Gasteiger partial charge on any atom is 0.237 e. The molecule has 0 aromatic heterocycles. The molecule has 0 saturated heterocycles. The fourth-order valence-electron chi connectivity index (χ4n) is 2.55. The summed E-state index contributed by atoms with van der Waals surface area (Å²) < 4.78 is 0. The lowest BCUT2D eigenvalue weighted by Crippen LogP contribution is -2.49. The smallest absolute Gasteiger partial charge is 0.237 e. The predicted molar refractivity (Wildman–Crippen MR) is 111 cm³/mol. The van der Waals surface area contributed by atoms with Gasteiger partial charge in [0.2, 0.25) is 11.8 Å². The van der Waals surface area contributed by atoms with Crippen molar-refractivity contribution >= 4 is 23.4 Å². The lowest BCUT2D eigenvalue weighted by Gasteiger charge is -2.20. The van der Waals surface area contributed by atoms with Crippen LogP contribution in [0, 0.1) is 11.8 Å². The normalized spacial score (nSPS) is 12.3. The lowest BCUT2D eigenvalue weighted by atomic mass is 10.0. The molecule has 1 atom stereocenters. The monoisotopic (exact) mass is 397 g/mol. The van der Waals surface area contributed by atoms with Crippen molar-refractivity contribution in [2.24, 2.45) is 11.8 Å². The number of nitrogens with one attached hydrogen (secondary N) is 3. The summed E-state index contributed by atoms with van der Waals surface area (Å²) in [6, 6.07) is -0.576. The number of rotatable bonds is 15. The molecule has 0 rings (SSSR count). The first-order valence-electron chi connectivity index (χ1n) is 10.4. The molecule has 3 N–H and O–H groups in total. The van der Waals surface area contributed by atoms with Gasteiger partial charge < -0.3 is 16.0 Å². The van der Waals surface area contributed by atoms with Gasteiger partial charge in [-0.05, 0) is 12.8 Å². The van der Waals surface area contributed by atoms with Crippen molar-refractivity contribution in [1.82, 2.24) is 16.0 Å². The maximum absolute atomic E-state index is 12.4. The van der Waals surface area contributed by atoms with Crippen LogP contribution in [0.5, 0.6) is 0 Å². The van der Waals surface area contributed by atoms with E-state index in [1.165, 1.54) is 0 Å². The lowest BCUT2D eigenvalue weighted by molar-refractivity contribution is -0.128. The number of hydrogen-bond acceptors (Lipinski definition) is 5. The third-order valence-corrected chi connectivity index (χ3v) is 4.35. The van der Waals surface area contributed by atoms with Gasteiger partial charge >= 0.3 is 0 Å². The van der Waals surface area contributed by atoms with Crippen LogP contribution in [-0.2, 0) is 19.2 Å². The summed E-state index contributed by atoms with van der Waals surface area (Å²) in [4.78, 5) is 47.8. The van der Waals surface area contributed by atoms with E-state index in [1.807, 2.05) is 41.5 Å². The van der Waals surface area contributed by atoms with Gasteiger partial charge in [-0.1, -0.05) is 41.5 Å². The molecule has 162 valence electrons. The van der Waals surface area contributed by atoms with Gasteiger partial charge in [0.25, 0.3) is 0 Å². The fourth-order valence-corrected chi connectivity index (χ4v) is 2.55. The molecular weight excluding hydrogens is 358 g/mol. The van der Waals surface area contributed by atoms with Gasteiger partial charge in [0, 0.05) is 43.8 Å². The molecule has 0 aliphatic carbocycles. The number of hydrogen-bond donors (Lipinski definition) is 3. The summed E-state index contributed by atoms with van der Waals surface area (Å²) in [5.41, 5.74) is 0. The van der Waals surface area contributed by atoms with Crippen molar-refractivity contribution in [2.45, 2.75) is 85.7 Å². The Morgan fingerprint density at radius 3 is 1.61 bits per heavy atom. The zero-order valence-corrected chi connectivity index (χ0v) is 18.4. The van der Waals surface area contributed by atoms with Crippen LogP contribution in [0.1, 0.15) is 73.6 Å². The van der Waals surface area contributed by atoms with Crippen LogP contribution in [-0.4, -0.2) is 48.6 Å². The first-order valence-corrected chi connectivity index (χ1v) is 10.4. The molecule has 7 nitrogen and oxygen atoms in total. The van der Waals surface area contributed by atoms with Crippen molar-refractivity contribution < 1.29 is 19.2 Å². The van der Waals surface area contributed by atoms with Crippen molar-refractivity contribution in [1.29, 1.82) is 0 Å². The van der Waals surface area contributed by atoms with Crippen molar-refractivity contribution in [3.8, 4) is 0 Å². The summed E-state index contributed by atoms with van der Waals surface area (Å²) in [6.07, 6.45) is 2.11. The van der Waals surface area contributed by atoms with Crippen LogP contribution in [0.4, 0.5) is 0 Å². The largest absolute Gasteiger partial charge is 0.356 e. The third kappa shape index (κ3) is 12.6. The molecule has 0 aliphatic rings. The molecule has 0 aromatic rings. The Labute approximate surface area is 169 Å². The van der Waals surface area contributed by atoms with Gasteiger partial charge in [-0.25, -0.2) is 0 Å². The van der Waals surface area contributed by atoms with Crippen molar-refractivity contribution in [3.05, 3.63) is 0 Å². The van der Waals surface area contributed by atoms with E-state index in [-0.39, 0.29) is 47.7 Å². The molecule has 28 heavy (non-hydrogen) atoms. The van der Waals surface area contributed by atoms with Gasteiger partial charge in [0.15, 0.2) is 0 Å². The first kappa shape index (κ1) is 26.2. The molecule has 0 heterocycles. The van der Waals surface area contributed by atoms with Gasteiger partial charge in [0.1, 0.15) is 11.6 Å². The molecule has 0 saturated carbocycles. The fraction of sp³-hybridized carbons (Fsp3) is 0.810. The first-order chi connectivity index (χ1) is 13.0. The number of Topliss-reactive ketones (excluding diaryl/α,β-unsaturated/α-hetero) is 2. The van der Waals surface area contributed by atoms with E-state index >= 15 is 0 Å². The highest BCUT2D eigenvalue weighted by Crippen LogP contribution is 2.03. The van der Waals surface area contributed by atoms with E-state index in [9.17, 15) is 19.2 Å². The Kier molecular flexibility index (Phi) is 13.4. The topological polar surface area (TPSA) is 104 Å². The van der Waals surface area contributed by atoms with Crippen LogP contribution in [0.3, 0.4) is 0 Å². The molecule has 0 radical (unpaired) electrons. The van der Waals surface area contributed by atoms with Gasteiger partial charge in [-0.15, -0.1) is 0 Å². The molecule has 0 spiro atoms. The number of carbonyl (C=O) groups excluding carboxylic acids is 4. The second-order valence-corrected chi connectivity index (χ2v) is 8.17. The van der Waals surface area contributed by atoms with E-state index in [2.05, 4.69) is 16.0 Å². The second kappa shape index (κ2) is 14.3. The molecular formula is C21H39N3O4. The Balaban J connectivity index is 4.33. The average molecular weight is 398 g/mol. The summed E-state index contributed by atoms with van der Waals surface area (Å²) in [7, 11) is 0. The molecule has 1 unspecified atom stereocenters. The molecule has 7 heteroatoms. The number of amides is 2. The molecule has 0 aliphatic heterocycles. The zero-order valence-electron chi connectivity index (χ0n) is 18.4. The maximum atomic E-state index is 12.4. The van der Waals surface area contributed by atoms with Crippen LogP contribution >= 0.6 is 0 Å². The Hall–Kier alpha value is -1.76. The Morgan fingerprint density at radius 2 is 1.18 bits per heavy atom. The van der Waals surface area contributed by atoms with E-state index in [1.54, 1.807) is 0 Å². The van der Waals surface area contributed by atoms with Gasteiger partial charge in [-0.3, -0.25) is 19.2 Å². The van der Waals surface area contributed by atoms with Crippen LogP contribution in [0.2, 0.25) is 0 Å². The number of ketones is 2. The minimum Gasteiger partial charge on any atom is -0.356 e. The van der Waals surface area contributed by atoms with E-state index in [0.29, 0.717) is 38.8 Å². The van der Waals surface area contributed by atoms with Gasteiger partial charge in [-0.2, -0.15) is 0 Å². The Bertz CT molecular complexity index is 516. The van der Waals surface area contributed by atoms with Crippen molar-refractivity contribution in [3.63, 3.8) is 0 Å². The van der Waals surface area contributed by atoms with Crippen LogP contribution in [0.25, 0.3) is 0 Å². The summed E-state index contributed by atoms with van der Waals surface area (Å²) >= 11 is 0. The highest BCUT2D eigenvalue weighted by molar-refractivity contribution is 5.88.